The average Bonchev–Trinajstić information content (AvgIpc) is 2.90. The second-order valence-electron chi connectivity index (χ2n) is 4.21. The van der Waals surface area contributed by atoms with Gasteiger partial charge < -0.3 is 4.74 Å². The quantitative estimate of drug-likeness (QED) is 0.776. The van der Waals surface area contributed by atoms with E-state index in [0.29, 0.717) is 11.6 Å². The zero-order valence-electron chi connectivity index (χ0n) is 11.2. The van der Waals surface area contributed by atoms with Crippen LogP contribution < -0.4 is 0 Å². The highest BCUT2D eigenvalue weighted by Crippen LogP contribution is 2.23. The van der Waals surface area contributed by atoms with Crippen LogP contribution in [0.25, 0.3) is 11.3 Å². The summed E-state index contributed by atoms with van der Waals surface area (Å²) in [7, 11) is 0. The van der Waals surface area contributed by atoms with Gasteiger partial charge in [0.1, 0.15) is 0 Å². The molecule has 0 bridgehead atoms. The van der Waals surface area contributed by atoms with Gasteiger partial charge in [0.15, 0.2) is 0 Å². The van der Waals surface area contributed by atoms with Gasteiger partial charge in [-0.3, -0.25) is 0 Å². The Morgan fingerprint density at radius 3 is 2.63 bits per heavy atom. The van der Waals surface area contributed by atoms with Crippen molar-refractivity contribution in [2.75, 3.05) is 6.61 Å². The Bertz CT molecular complexity index is 546. The van der Waals surface area contributed by atoms with Gasteiger partial charge in [0.25, 0.3) is 0 Å². The number of aromatic nitrogens is 1. The molecule has 0 unspecified atom stereocenters. The number of hydrogen-bond donors (Lipinski definition) is 0. The predicted molar refractivity (Wildman–Crippen MR) is 77.5 cm³/mol. The molecule has 2 rings (SSSR count). The van der Waals surface area contributed by atoms with Crippen molar-refractivity contribution < 1.29 is 9.53 Å². The van der Waals surface area contributed by atoms with Gasteiger partial charge in [0, 0.05) is 10.9 Å². The topological polar surface area (TPSA) is 39.2 Å². The second-order valence-corrected chi connectivity index (χ2v) is 5.06. The predicted octanol–water partition coefficient (Wildman–Crippen LogP) is 3.94. The van der Waals surface area contributed by atoms with Crippen molar-refractivity contribution in [3.05, 3.63) is 40.2 Å². The van der Waals surface area contributed by atoms with Gasteiger partial charge in [-0.25, -0.2) is 9.78 Å². The molecule has 0 fully saturated rings. The molecule has 0 spiro atoms. The van der Waals surface area contributed by atoms with Crippen molar-refractivity contribution in [1.82, 2.24) is 4.98 Å². The van der Waals surface area contributed by atoms with Gasteiger partial charge in [-0.1, -0.05) is 37.6 Å². The lowest BCUT2D eigenvalue weighted by molar-refractivity contribution is 0.0526. The third kappa shape index (κ3) is 3.41. The van der Waals surface area contributed by atoms with Crippen LogP contribution in [0.3, 0.4) is 0 Å². The Labute approximate surface area is 117 Å². The summed E-state index contributed by atoms with van der Waals surface area (Å²) in [6, 6.07) is 8.33. The van der Waals surface area contributed by atoms with E-state index in [1.54, 1.807) is 6.92 Å². The van der Waals surface area contributed by atoms with E-state index in [4.69, 9.17) is 4.74 Å². The standard InChI is InChI=1S/C15H17NO2S/c1-3-5-11-6-8-12(9-7-11)13-10-19-14(16-13)15(17)18-4-2/h6-10H,3-5H2,1-2H3. The molecule has 1 aromatic heterocycles. The van der Waals surface area contributed by atoms with Gasteiger partial charge in [0.05, 0.1) is 12.3 Å². The first-order valence-corrected chi connectivity index (χ1v) is 7.34. The zero-order valence-corrected chi connectivity index (χ0v) is 12.0. The molecule has 3 nitrogen and oxygen atoms in total. The highest BCUT2D eigenvalue weighted by Gasteiger charge is 2.12. The third-order valence-corrected chi connectivity index (χ3v) is 3.56. The fourth-order valence-corrected chi connectivity index (χ4v) is 2.54. The summed E-state index contributed by atoms with van der Waals surface area (Å²) in [5.74, 6) is -0.346. The largest absolute Gasteiger partial charge is 0.461 e. The van der Waals surface area contributed by atoms with E-state index in [2.05, 4.69) is 36.2 Å². The van der Waals surface area contributed by atoms with Crippen LogP contribution in [0.4, 0.5) is 0 Å². The van der Waals surface area contributed by atoms with Gasteiger partial charge >= 0.3 is 5.97 Å². The molecular formula is C15H17NO2S. The molecule has 0 amide bonds. The zero-order chi connectivity index (χ0) is 13.7. The molecule has 1 aromatic carbocycles. The van der Waals surface area contributed by atoms with Crippen LogP contribution >= 0.6 is 11.3 Å². The Hall–Kier alpha value is -1.68. The van der Waals surface area contributed by atoms with E-state index in [9.17, 15) is 4.79 Å². The Balaban J connectivity index is 2.15. The first-order chi connectivity index (χ1) is 9.24. The number of thiazole rings is 1. The van der Waals surface area contributed by atoms with Gasteiger partial charge in [-0.2, -0.15) is 0 Å². The van der Waals surface area contributed by atoms with Crippen LogP contribution in [0.5, 0.6) is 0 Å². The highest BCUT2D eigenvalue weighted by molar-refractivity contribution is 7.11. The lowest BCUT2D eigenvalue weighted by Gasteiger charge is -2.00. The number of ether oxygens (including phenoxy) is 1. The van der Waals surface area contributed by atoms with E-state index >= 15 is 0 Å². The molecule has 19 heavy (non-hydrogen) atoms. The summed E-state index contributed by atoms with van der Waals surface area (Å²) in [6.07, 6.45) is 2.23. The van der Waals surface area contributed by atoms with E-state index < -0.39 is 0 Å². The fraction of sp³-hybridized carbons (Fsp3) is 0.333. The molecular weight excluding hydrogens is 258 g/mol. The molecule has 0 aliphatic rings. The molecule has 0 N–H and O–H groups in total. The molecule has 2 aromatic rings. The lowest BCUT2D eigenvalue weighted by atomic mass is 10.1. The maximum absolute atomic E-state index is 11.6. The second kappa shape index (κ2) is 6.48. The van der Waals surface area contributed by atoms with Crippen LogP contribution in [-0.4, -0.2) is 17.6 Å². The molecule has 0 radical (unpaired) electrons. The lowest BCUT2D eigenvalue weighted by Crippen LogP contribution is -2.03. The number of hydrogen-bond acceptors (Lipinski definition) is 4. The molecule has 0 aliphatic heterocycles. The molecule has 0 saturated heterocycles. The van der Waals surface area contributed by atoms with Crippen LogP contribution in [0.1, 0.15) is 35.6 Å². The third-order valence-electron chi connectivity index (χ3n) is 2.74. The van der Waals surface area contributed by atoms with Crippen LogP contribution in [0.15, 0.2) is 29.6 Å². The fourth-order valence-electron chi connectivity index (χ4n) is 1.82. The maximum Gasteiger partial charge on any atom is 0.367 e. The molecule has 0 aliphatic carbocycles. The van der Waals surface area contributed by atoms with Crippen LogP contribution in [0.2, 0.25) is 0 Å². The normalized spacial score (nSPS) is 10.4. The summed E-state index contributed by atoms with van der Waals surface area (Å²) in [6.45, 7) is 4.33. The number of esters is 1. The minimum atomic E-state index is -0.346. The summed E-state index contributed by atoms with van der Waals surface area (Å²) < 4.78 is 4.94. The number of benzene rings is 1. The van der Waals surface area contributed by atoms with Crippen molar-refractivity contribution in [3.63, 3.8) is 0 Å². The number of carbonyl (C=O) groups excluding carboxylic acids is 1. The van der Waals surface area contributed by atoms with Crippen molar-refractivity contribution >= 4 is 17.3 Å². The number of carbonyl (C=O) groups is 1. The highest BCUT2D eigenvalue weighted by atomic mass is 32.1. The van der Waals surface area contributed by atoms with E-state index in [-0.39, 0.29) is 5.97 Å². The molecule has 1 heterocycles. The summed E-state index contributed by atoms with van der Waals surface area (Å²) >= 11 is 1.32. The number of aryl methyl sites for hydroxylation is 1. The van der Waals surface area contributed by atoms with E-state index in [1.165, 1.54) is 16.9 Å². The van der Waals surface area contributed by atoms with Gasteiger partial charge in [-0.15, -0.1) is 11.3 Å². The SMILES string of the molecule is CCCc1ccc(-c2csc(C(=O)OCC)n2)cc1. The minimum Gasteiger partial charge on any atom is -0.461 e. The van der Waals surface area contributed by atoms with E-state index in [1.807, 2.05) is 5.38 Å². The smallest absolute Gasteiger partial charge is 0.367 e. The van der Waals surface area contributed by atoms with Crippen LogP contribution in [0, 0.1) is 0 Å². The summed E-state index contributed by atoms with van der Waals surface area (Å²) in [4.78, 5) is 15.9. The minimum absolute atomic E-state index is 0.346. The van der Waals surface area contributed by atoms with Crippen molar-refractivity contribution in [3.8, 4) is 11.3 Å². The first-order valence-electron chi connectivity index (χ1n) is 6.46. The molecule has 4 heteroatoms. The first kappa shape index (κ1) is 13.7. The van der Waals surface area contributed by atoms with Crippen molar-refractivity contribution in [1.29, 1.82) is 0 Å². The Morgan fingerprint density at radius 1 is 1.26 bits per heavy atom. The van der Waals surface area contributed by atoms with Crippen LogP contribution in [-0.2, 0) is 11.2 Å². The van der Waals surface area contributed by atoms with Gasteiger partial charge in [0.2, 0.25) is 5.01 Å². The summed E-state index contributed by atoms with van der Waals surface area (Å²) in [5, 5.41) is 2.30. The molecule has 100 valence electrons. The average molecular weight is 275 g/mol. The maximum atomic E-state index is 11.6. The Kier molecular flexibility index (Phi) is 4.68. The molecule has 0 atom stereocenters. The summed E-state index contributed by atoms with van der Waals surface area (Å²) in [5.41, 5.74) is 3.19. The van der Waals surface area contributed by atoms with Crippen molar-refractivity contribution in [2.45, 2.75) is 26.7 Å². The molecule has 0 saturated carbocycles. The monoisotopic (exact) mass is 275 g/mol. The van der Waals surface area contributed by atoms with Gasteiger partial charge in [-0.05, 0) is 18.9 Å². The van der Waals surface area contributed by atoms with E-state index in [0.717, 1.165) is 24.1 Å². The number of nitrogens with zero attached hydrogens (tertiary/aromatic N) is 1. The van der Waals surface area contributed by atoms with Crippen molar-refractivity contribution in [2.24, 2.45) is 0 Å². The Morgan fingerprint density at radius 2 is 2.00 bits per heavy atom. The number of rotatable bonds is 5.